The summed E-state index contributed by atoms with van der Waals surface area (Å²) in [5.74, 6) is -0.848. The Hall–Kier alpha value is -1.22. The SMILES string of the molecule is CCC.O=C(O)C1CCN(c2ccc(Cl)cc2)CC1. The summed E-state index contributed by atoms with van der Waals surface area (Å²) in [5.41, 5.74) is 1.12. The number of hydrogen-bond acceptors (Lipinski definition) is 2. The Morgan fingerprint density at radius 2 is 1.74 bits per heavy atom. The first-order valence-corrected chi connectivity index (χ1v) is 7.19. The number of carbonyl (C=O) groups is 1. The highest BCUT2D eigenvalue weighted by Gasteiger charge is 2.24. The number of aliphatic carboxylic acids is 1. The second-order valence-electron chi connectivity index (χ2n) is 4.78. The van der Waals surface area contributed by atoms with Crippen molar-refractivity contribution in [3.63, 3.8) is 0 Å². The molecule has 2 rings (SSSR count). The van der Waals surface area contributed by atoms with E-state index in [1.54, 1.807) is 0 Å². The van der Waals surface area contributed by atoms with Gasteiger partial charge in [-0.3, -0.25) is 4.79 Å². The lowest BCUT2D eigenvalue weighted by atomic mass is 9.97. The molecule has 0 spiro atoms. The summed E-state index contributed by atoms with van der Waals surface area (Å²) in [5, 5.41) is 9.62. The Kier molecular flexibility index (Phi) is 6.71. The number of benzene rings is 1. The Labute approximate surface area is 120 Å². The molecule has 4 heteroatoms. The Bertz CT molecular complexity index is 384. The standard InChI is InChI=1S/C12H14ClNO2.C3H8/c13-10-1-3-11(4-2-10)14-7-5-9(6-8-14)12(15)16;1-3-2/h1-4,9H,5-8H2,(H,15,16);3H2,1-2H3. The fourth-order valence-corrected chi connectivity index (χ4v) is 2.16. The van der Waals surface area contributed by atoms with Crippen LogP contribution in [-0.2, 0) is 4.79 Å². The quantitative estimate of drug-likeness (QED) is 0.890. The third-order valence-corrected chi connectivity index (χ3v) is 3.29. The van der Waals surface area contributed by atoms with E-state index in [1.165, 1.54) is 6.42 Å². The number of piperidine rings is 1. The van der Waals surface area contributed by atoms with E-state index in [2.05, 4.69) is 18.7 Å². The van der Waals surface area contributed by atoms with Gasteiger partial charge in [-0.25, -0.2) is 0 Å². The van der Waals surface area contributed by atoms with Crippen LogP contribution in [0.2, 0.25) is 5.02 Å². The number of carboxylic acids is 1. The minimum atomic E-state index is -0.671. The predicted octanol–water partition coefficient (Wildman–Crippen LogP) is 4.06. The zero-order chi connectivity index (χ0) is 14.3. The normalized spacial score (nSPS) is 15.6. The molecule has 1 aromatic carbocycles. The molecular formula is C15H22ClNO2. The molecule has 0 amide bonds. The zero-order valence-corrected chi connectivity index (χ0v) is 12.4. The van der Waals surface area contributed by atoms with Crippen LogP contribution in [0.4, 0.5) is 5.69 Å². The van der Waals surface area contributed by atoms with E-state index in [-0.39, 0.29) is 5.92 Å². The first-order valence-electron chi connectivity index (χ1n) is 6.81. The van der Waals surface area contributed by atoms with E-state index in [0.717, 1.165) is 36.6 Å². The van der Waals surface area contributed by atoms with Gasteiger partial charge in [0.2, 0.25) is 0 Å². The first kappa shape index (κ1) is 15.8. The van der Waals surface area contributed by atoms with Gasteiger partial charge in [0, 0.05) is 23.8 Å². The minimum absolute atomic E-state index is 0.177. The molecular weight excluding hydrogens is 262 g/mol. The van der Waals surface area contributed by atoms with Gasteiger partial charge in [-0.1, -0.05) is 31.9 Å². The lowest BCUT2D eigenvalue weighted by Crippen LogP contribution is -2.36. The molecule has 19 heavy (non-hydrogen) atoms. The number of hydrogen-bond donors (Lipinski definition) is 1. The van der Waals surface area contributed by atoms with E-state index < -0.39 is 5.97 Å². The predicted molar refractivity (Wildman–Crippen MR) is 80.0 cm³/mol. The van der Waals surface area contributed by atoms with Crippen LogP contribution in [0, 0.1) is 5.92 Å². The van der Waals surface area contributed by atoms with Crippen LogP contribution in [0.25, 0.3) is 0 Å². The lowest BCUT2D eigenvalue weighted by Gasteiger charge is -2.31. The molecule has 1 heterocycles. The molecule has 1 fully saturated rings. The van der Waals surface area contributed by atoms with Crippen LogP contribution in [0.3, 0.4) is 0 Å². The molecule has 106 valence electrons. The van der Waals surface area contributed by atoms with Gasteiger partial charge in [-0.2, -0.15) is 0 Å². The van der Waals surface area contributed by atoms with Crippen molar-refractivity contribution < 1.29 is 9.90 Å². The summed E-state index contributed by atoms with van der Waals surface area (Å²) in [6, 6.07) is 7.67. The van der Waals surface area contributed by atoms with Gasteiger partial charge in [0.05, 0.1) is 5.92 Å². The maximum atomic E-state index is 10.8. The molecule has 0 atom stereocenters. The molecule has 0 aromatic heterocycles. The molecule has 1 N–H and O–H groups in total. The molecule has 0 radical (unpaired) electrons. The molecule has 1 aliphatic rings. The van der Waals surface area contributed by atoms with Crippen LogP contribution >= 0.6 is 11.6 Å². The Morgan fingerprint density at radius 3 is 2.16 bits per heavy atom. The summed E-state index contributed by atoms with van der Waals surface area (Å²) in [6.45, 7) is 5.86. The monoisotopic (exact) mass is 283 g/mol. The molecule has 0 bridgehead atoms. The average Bonchev–Trinajstić information content (AvgIpc) is 2.41. The first-order chi connectivity index (χ1) is 9.08. The third kappa shape index (κ3) is 5.11. The highest BCUT2D eigenvalue weighted by atomic mass is 35.5. The maximum absolute atomic E-state index is 10.8. The van der Waals surface area contributed by atoms with Gasteiger partial charge in [-0.05, 0) is 37.1 Å². The smallest absolute Gasteiger partial charge is 0.306 e. The number of carboxylic acid groups (broad SMARTS) is 1. The second-order valence-corrected chi connectivity index (χ2v) is 5.22. The van der Waals surface area contributed by atoms with Crippen molar-refractivity contribution in [2.45, 2.75) is 33.1 Å². The van der Waals surface area contributed by atoms with Crippen molar-refractivity contribution >= 4 is 23.3 Å². The van der Waals surface area contributed by atoms with Crippen molar-refractivity contribution in [1.82, 2.24) is 0 Å². The number of halogens is 1. The van der Waals surface area contributed by atoms with E-state index >= 15 is 0 Å². The van der Waals surface area contributed by atoms with Gasteiger partial charge in [0.15, 0.2) is 0 Å². The minimum Gasteiger partial charge on any atom is -0.481 e. The Balaban J connectivity index is 0.000000550. The summed E-state index contributed by atoms with van der Waals surface area (Å²) in [6.07, 6.45) is 2.69. The number of rotatable bonds is 2. The molecule has 0 unspecified atom stereocenters. The summed E-state index contributed by atoms with van der Waals surface area (Å²) < 4.78 is 0. The molecule has 0 saturated carbocycles. The molecule has 1 aliphatic heterocycles. The number of anilines is 1. The second kappa shape index (κ2) is 8.05. The largest absolute Gasteiger partial charge is 0.481 e. The molecule has 1 aromatic rings. The van der Waals surface area contributed by atoms with Crippen molar-refractivity contribution in [1.29, 1.82) is 0 Å². The van der Waals surface area contributed by atoms with E-state index in [9.17, 15) is 4.79 Å². The van der Waals surface area contributed by atoms with Crippen molar-refractivity contribution in [3.05, 3.63) is 29.3 Å². The summed E-state index contributed by atoms with van der Waals surface area (Å²) in [4.78, 5) is 13.0. The zero-order valence-electron chi connectivity index (χ0n) is 11.6. The fourth-order valence-electron chi connectivity index (χ4n) is 2.04. The third-order valence-electron chi connectivity index (χ3n) is 3.04. The van der Waals surface area contributed by atoms with Crippen molar-refractivity contribution in [2.24, 2.45) is 5.92 Å². The Morgan fingerprint density at radius 1 is 1.26 bits per heavy atom. The van der Waals surface area contributed by atoms with Crippen molar-refractivity contribution in [2.75, 3.05) is 18.0 Å². The van der Waals surface area contributed by atoms with Crippen molar-refractivity contribution in [3.8, 4) is 0 Å². The van der Waals surface area contributed by atoms with Crippen LogP contribution in [0.5, 0.6) is 0 Å². The number of nitrogens with zero attached hydrogens (tertiary/aromatic N) is 1. The van der Waals surface area contributed by atoms with Crippen LogP contribution < -0.4 is 4.90 Å². The van der Waals surface area contributed by atoms with E-state index in [4.69, 9.17) is 16.7 Å². The van der Waals surface area contributed by atoms with Crippen LogP contribution in [-0.4, -0.2) is 24.2 Å². The molecule has 3 nitrogen and oxygen atoms in total. The van der Waals surface area contributed by atoms with Gasteiger partial charge >= 0.3 is 5.97 Å². The lowest BCUT2D eigenvalue weighted by molar-refractivity contribution is -0.142. The fraction of sp³-hybridized carbons (Fsp3) is 0.533. The molecule has 1 saturated heterocycles. The summed E-state index contributed by atoms with van der Waals surface area (Å²) >= 11 is 5.82. The van der Waals surface area contributed by atoms with Crippen LogP contribution in [0.15, 0.2) is 24.3 Å². The summed E-state index contributed by atoms with van der Waals surface area (Å²) in [7, 11) is 0. The highest BCUT2D eigenvalue weighted by Crippen LogP contribution is 2.24. The highest BCUT2D eigenvalue weighted by molar-refractivity contribution is 6.30. The topological polar surface area (TPSA) is 40.5 Å². The van der Waals surface area contributed by atoms with Gasteiger partial charge < -0.3 is 10.0 Å². The van der Waals surface area contributed by atoms with Gasteiger partial charge in [0.1, 0.15) is 0 Å². The van der Waals surface area contributed by atoms with Gasteiger partial charge in [0.25, 0.3) is 0 Å². The maximum Gasteiger partial charge on any atom is 0.306 e. The van der Waals surface area contributed by atoms with E-state index in [0.29, 0.717) is 0 Å². The van der Waals surface area contributed by atoms with E-state index in [1.807, 2.05) is 24.3 Å². The molecule has 0 aliphatic carbocycles. The average molecular weight is 284 g/mol. The van der Waals surface area contributed by atoms with Crippen LogP contribution in [0.1, 0.15) is 33.1 Å². The van der Waals surface area contributed by atoms with Gasteiger partial charge in [-0.15, -0.1) is 0 Å².